The summed E-state index contributed by atoms with van der Waals surface area (Å²) >= 11 is 3.48. The molecule has 16 heavy (non-hydrogen) atoms. The Balaban J connectivity index is 1.93. The lowest BCUT2D eigenvalue weighted by molar-refractivity contribution is 0.341. The van der Waals surface area contributed by atoms with Crippen LogP contribution in [-0.2, 0) is 6.42 Å². The van der Waals surface area contributed by atoms with Gasteiger partial charge in [-0.05, 0) is 79.3 Å². The van der Waals surface area contributed by atoms with Crippen LogP contribution in [0.25, 0.3) is 0 Å². The first kappa shape index (κ1) is 12.1. The molecular weight excluding hydrogens is 264 g/mol. The fourth-order valence-electron chi connectivity index (χ4n) is 2.41. The normalized spacial score (nSPS) is 23.0. The van der Waals surface area contributed by atoms with E-state index < -0.39 is 0 Å². The van der Waals surface area contributed by atoms with Gasteiger partial charge in [0.25, 0.3) is 0 Å². The Morgan fingerprint density at radius 1 is 1.38 bits per heavy atom. The predicted octanol–water partition coefficient (Wildman–Crippen LogP) is 3.12. The number of halogens is 1. The summed E-state index contributed by atoms with van der Waals surface area (Å²) in [5.41, 5.74) is 1.36. The van der Waals surface area contributed by atoms with Crippen molar-refractivity contribution in [2.45, 2.75) is 25.7 Å². The van der Waals surface area contributed by atoms with Gasteiger partial charge in [-0.15, -0.1) is 0 Å². The van der Waals surface area contributed by atoms with Crippen LogP contribution in [-0.4, -0.2) is 30.0 Å². The van der Waals surface area contributed by atoms with Crippen molar-refractivity contribution < 1.29 is 0 Å². The topological polar surface area (TPSA) is 16.1 Å². The Labute approximate surface area is 106 Å². The first-order valence-corrected chi connectivity index (χ1v) is 6.81. The summed E-state index contributed by atoms with van der Waals surface area (Å²) in [6, 6.07) is 2.20. The highest BCUT2D eigenvalue weighted by molar-refractivity contribution is 9.10. The number of hydrogen-bond donors (Lipinski definition) is 0. The molecule has 3 heteroatoms. The van der Waals surface area contributed by atoms with Gasteiger partial charge in [-0.25, -0.2) is 0 Å². The molecule has 1 aliphatic heterocycles. The highest BCUT2D eigenvalue weighted by Crippen LogP contribution is 2.22. The van der Waals surface area contributed by atoms with Gasteiger partial charge in [0, 0.05) is 16.9 Å². The lowest BCUT2D eigenvalue weighted by Crippen LogP contribution is -2.19. The fraction of sp³-hybridized carbons (Fsp3) is 0.615. The summed E-state index contributed by atoms with van der Waals surface area (Å²) in [7, 11) is 2.23. The highest BCUT2D eigenvalue weighted by Gasteiger charge is 2.15. The fourth-order valence-corrected chi connectivity index (χ4v) is 2.83. The van der Waals surface area contributed by atoms with E-state index in [-0.39, 0.29) is 0 Å². The number of likely N-dealkylation sites (tertiary alicyclic amines) is 1. The van der Waals surface area contributed by atoms with Crippen molar-refractivity contribution >= 4 is 15.9 Å². The summed E-state index contributed by atoms with van der Waals surface area (Å²) in [5.74, 6) is 0.834. The number of hydrogen-bond acceptors (Lipinski definition) is 2. The van der Waals surface area contributed by atoms with Gasteiger partial charge in [-0.3, -0.25) is 4.98 Å². The van der Waals surface area contributed by atoms with Crippen LogP contribution in [0.4, 0.5) is 0 Å². The van der Waals surface area contributed by atoms with Gasteiger partial charge in [0.05, 0.1) is 0 Å². The van der Waals surface area contributed by atoms with E-state index in [4.69, 9.17) is 0 Å². The molecule has 1 aliphatic rings. The second-order valence-corrected chi connectivity index (χ2v) is 5.73. The van der Waals surface area contributed by atoms with Crippen molar-refractivity contribution in [2.75, 3.05) is 20.1 Å². The molecule has 2 heterocycles. The smallest absolute Gasteiger partial charge is 0.0410 e. The molecule has 0 saturated carbocycles. The molecule has 0 aliphatic carbocycles. The molecular formula is C13H19BrN2. The molecule has 0 amide bonds. The van der Waals surface area contributed by atoms with Gasteiger partial charge in [-0.2, -0.15) is 0 Å². The molecule has 0 radical (unpaired) electrons. The summed E-state index contributed by atoms with van der Waals surface area (Å²) in [5, 5.41) is 0. The standard InChI is InChI=1S/C13H19BrN2/c1-16-5-2-3-11(4-6-16)7-12-8-13(14)10-15-9-12/h8-11H,2-7H2,1H3/t11-/m1/s1. The van der Waals surface area contributed by atoms with Crippen molar-refractivity contribution in [3.05, 3.63) is 28.5 Å². The van der Waals surface area contributed by atoms with Crippen LogP contribution >= 0.6 is 15.9 Å². The van der Waals surface area contributed by atoms with Crippen LogP contribution in [0.1, 0.15) is 24.8 Å². The Bertz CT molecular complexity index is 340. The maximum atomic E-state index is 4.23. The van der Waals surface area contributed by atoms with Crippen LogP contribution in [0, 0.1) is 5.92 Å². The number of rotatable bonds is 2. The SMILES string of the molecule is CN1CCC[C@@H](Cc2cncc(Br)c2)CC1. The van der Waals surface area contributed by atoms with E-state index in [1.54, 1.807) is 0 Å². The van der Waals surface area contributed by atoms with Gasteiger partial charge in [0.15, 0.2) is 0 Å². The molecule has 0 aromatic carbocycles. The molecule has 0 unspecified atom stereocenters. The minimum Gasteiger partial charge on any atom is -0.306 e. The Hall–Kier alpha value is -0.410. The molecule has 1 saturated heterocycles. The average molecular weight is 283 g/mol. The summed E-state index contributed by atoms with van der Waals surface area (Å²) in [6.07, 6.45) is 9.05. The maximum Gasteiger partial charge on any atom is 0.0410 e. The van der Waals surface area contributed by atoms with Crippen LogP contribution in [0.15, 0.2) is 22.9 Å². The van der Waals surface area contributed by atoms with Crippen LogP contribution in [0.3, 0.4) is 0 Å². The number of pyridine rings is 1. The number of aromatic nitrogens is 1. The zero-order chi connectivity index (χ0) is 11.4. The second-order valence-electron chi connectivity index (χ2n) is 4.82. The van der Waals surface area contributed by atoms with Gasteiger partial charge in [0.2, 0.25) is 0 Å². The first-order chi connectivity index (χ1) is 7.74. The van der Waals surface area contributed by atoms with Crippen molar-refractivity contribution in [3.63, 3.8) is 0 Å². The van der Waals surface area contributed by atoms with Crippen LogP contribution in [0.5, 0.6) is 0 Å². The molecule has 0 spiro atoms. The predicted molar refractivity (Wildman–Crippen MR) is 70.5 cm³/mol. The largest absolute Gasteiger partial charge is 0.306 e. The third kappa shape index (κ3) is 3.56. The minimum atomic E-state index is 0.834. The van der Waals surface area contributed by atoms with E-state index in [0.717, 1.165) is 10.4 Å². The minimum absolute atomic E-state index is 0.834. The molecule has 1 aromatic rings. The number of nitrogens with zero attached hydrogens (tertiary/aromatic N) is 2. The van der Waals surface area contributed by atoms with Gasteiger partial charge < -0.3 is 4.90 Å². The van der Waals surface area contributed by atoms with E-state index in [9.17, 15) is 0 Å². The Morgan fingerprint density at radius 2 is 2.25 bits per heavy atom. The van der Waals surface area contributed by atoms with Crippen molar-refractivity contribution in [3.8, 4) is 0 Å². The van der Waals surface area contributed by atoms with Crippen molar-refractivity contribution in [1.29, 1.82) is 0 Å². The molecule has 2 rings (SSSR count). The van der Waals surface area contributed by atoms with E-state index in [2.05, 4.69) is 38.9 Å². The van der Waals surface area contributed by atoms with E-state index in [1.807, 2.05) is 12.4 Å². The third-order valence-electron chi connectivity index (χ3n) is 3.36. The Morgan fingerprint density at radius 3 is 3.06 bits per heavy atom. The lowest BCUT2D eigenvalue weighted by Gasteiger charge is -2.14. The van der Waals surface area contributed by atoms with E-state index in [1.165, 1.54) is 44.3 Å². The second kappa shape index (κ2) is 5.78. The summed E-state index contributed by atoms with van der Waals surface area (Å²) in [6.45, 7) is 2.50. The summed E-state index contributed by atoms with van der Waals surface area (Å²) in [4.78, 5) is 6.67. The molecule has 0 N–H and O–H groups in total. The lowest BCUT2D eigenvalue weighted by atomic mass is 9.93. The first-order valence-electron chi connectivity index (χ1n) is 6.02. The molecule has 1 aromatic heterocycles. The Kier molecular flexibility index (Phi) is 4.36. The van der Waals surface area contributed by atoms with Gasteiger partial charge in [0.1, 0.15) is 0 Å². The van der Waals surface area contributed by atoms with Crippen molar-refractivity contribution in [1.82, 2.24) is 9.88 Å². The third-order valence-corrected chi connectivity index (χ3v) is 3.79. The molecule has 88 valence electrons. The summed E-state index contributed by atoms with van der Waals surface area (Å²) < 4.78 is 1.09. The van der Waals surface area contributed by atoms with E-state index >= 15 is 0 Å². The van der Waals surface area contributed by atoms with Gasteiger partial charge >= 0.3 is 0 Å². The van der Waals surface area contributed by atoms with Gasteiger partial charge in [-0.1, -0.05) is 0 Å². The maximum absolute atomic E-state index is 4.23. The zero-order valence-electron chi connectivity index (χ0n) is 9.82. The quantitative estimate of drug-likeness (QED) is 0.829. The van der Waals surface area contributed by atoms with Crippen molar-refractivity contribution in [2.24, 2.45) is 5.92 Å². The molecule has 2 nitrogen and oxygen atoms in total. The monoisotopic (exact) mass is 282 g/mol. The van der Waals surface area contributed by atoms with Crippen LogP contribution in [0.2, 0.25) is 0 Å². The average Bonchev–Trinajstić information content (AvgIpc) is 2.44. The molecule has 0 bridgehead atoms. The van der Waals surface area contributed by atoms with Crippen LogP contribution < -0.4 is 0 Å². The zero-order valence-corrected chi connectivity index (χ0v) is 11.4. The van der Waals surface area contributed by atoms with E-state index in [0.29, 0.717) is 0 Å². The molecule has 1 fully saturated rings. The highest BCUT2D eigenvalue weighted by atomic mass is 79.9. The molecule has 1 atom stereocenters.